The molecule has 3 aromatic heterocycles. The predicted molar refractivity (Wildman–Crippen MR) is 123 cm³/mol. The number of nitrogens with zero attached hydrogens (tertiary/aromatic N) is 4. The highest BCUT2D eigenvalue weighted by Gasteiger charge is 2.30. The Kier molecular flexibility index (Phi) is 4.59. The molecule has 0 fully saturated rings. The van der Waals surface area contributed by atoms with Crippen molar-refractivity contribution in [2.75, 3.05) is 5.32 Å². The van der Waals surface area contributed by atoms with Crippen molar-refractivity contribution in [2.45, 2.75) is 4.90 Å². The van der Waals surface area contributed by atoms with Crippen molar-refractivity contribution >= 4 is 50.1 Å². The first-order valence-electron chi connectivity index (χ1n) is 9.00. The monoisotopic (exact) mass is 453 g/mol. The molecule has 0 atom stereocenters. The minimum atomic E-state index is -3.56. The van der Waals surface area contributed by atoms with Crippen molar-refractivity contribution in [3.63, 3.8) is 0 Å². The summed E-state index contributed by atoms with van der Waals surface area (Å²) in [6.07, 6.45) is 4.70. The van der Waals surface area contributed by atoms with E-state index in [1.54, 1.807) is 54.2 Å². The summed E-state index contributed by atoms with van der Waals surface area (Å²) in [5.74, 6) is -0.439. The number of fused-ring (bicyclic) bond motifs is 2. The molecule has 5 rings (SSSR count). The number of rotatable bonds is 3. The van der Waals surface area contributed by atoms with E-state index in [0.717, 1.165) is 4.68 Å². The van der Waals surface area contributed by atoms with Crippen LogP contribution >= 0.6 is 22.1 Å². The van der Waals surface area contributed by atoms with Crippen LogP contribution in [-0.2, 0) is 0 Å². The molecule has 0 amide bonds. The standard InChI is InChI=1S/C20H15N5O4S2/c26-17-16(19-23-13-5-1-2-6-15(13)31(28,29)24-19)20(27)25(14-7-9-30-18(14)17)22-11-12-4-3-8-21-10-12/h1-11,26,28-29H,(H,23,24)/b22-11+. The molecule has 0 saturated carbocycles. The van der Waals surface area contributed by atoms with Gasteiger partial charge in [0.15, 0.2) is 11.6 Å². The fourth-order valence-corrected chi connectivity index (χ4v) is 5.21. The van der Waals surface area contributed by atoms with E-state index in [1.165, 1.54) is 23.6 Å². The van der Waals surface area contributed by atoms with Crippen molar-refractivity contribution in [2.24, 2.45) is 9.50 Å². The van der Waals surface area contributed by atoms with E-state index in [-0.39, 0.29) is 22.0 Å². The fraction of sp³-hybridized carbons (Fsp3) is 0. The zero-order chi connectivity index (χ0) is 21.6. The molecule has 0 saturated heterocycles. The van der Waals surface area contributed by atoms with Crippen molar-refractivity contribution in [3.8, 4) is 5.75 Å². The van der Waals surface area contributed by atoms with Crippen LogP contribution in [0.5, 0.6) is 5.75 Å². The molecule has 1 aliphatic heterocycles. The van der Waals surface area contributed by atoms with Gasteiger partial charge in [-0.1, -0.05) is 29.0 Å². The number of benzene rings is 1. The molecule has 0 unspecified atom stereocenters. The van der Waals surface area contributed by atoms with Gasteiger partial charge in [-0.05, 0) is 29.6 Å². The Bertz CT molecular complexity index is 1430. The van der Waals surface area contributed by atoms with Crippen LogP contribution in [-0.4, -0.2) is 35.9 Å². The third kappa shape index (κ3) is 3.29. The largest absolute Gasteiger partial charge is 0.505 e. The lowest BCUT2D eigenvalue weighted by Gasteiger charge is -2.34. The summed E-state index contributed by atoms with van der Waals surface area (Å²) in [4.78, 5) is 17.6. The molecule has 0 bridgehead atoms. The smallest absolute Gasteiger partial charge is 0.286 e. The molecule has 156 valence electrons. The van der Waals surface area contributed by atoms with Crippen LogP contribution in [0.2, 0.25) is 0 Å². The zero-order valence-electron chi connectivity index (χ0n) is 15.7. The number of anilines is 1. The molecule has 1 aliphatic rings. The van der Waals surface area contributed by atoms with E-state index in [0.29, 0.717) is 21.5 Å². The molecule has 0 aliphatic carbocycles. The van der Waals surface area contributed by atoms with Gasteiger partial charge in [-0.15, -0.1) is 15.7 Å². The second kappa shape index (κ2) is 7.32. The summed E-state index contributed by atoms with van der Waals surface area (Å²) < 4.78 is 26.6. The molecule has 9 nitrogen and oxygen atoms in total. The Balaban J connectivity index is 1.71. The molecule has 0 radical (unpaired) electrons. The van der Waals surface area contributed by atoms with Gasteiger partial charge in [0, 0.05) is 18.0 Å². The summed E-state index contributed by atoms with van der Waals surface area (Å²) in [7, 11) is -3.56. The van der Waals surface area contributed by atoms with Gasteiger partial charge >= 0.3 is 0 Å². The SMILES string of the molecule is O=c1c(C2=NS(O)(O)c3ccccc3N2)c(O)c2sccc2n1/N=C/c1cccnc1. The Morgan fingerprint density at radius 3 is 2.81 bits per heavy atom. The highest BCUT2D eigenvalue weighted by Crippen LogP contribution is 2.55. The van der Waals surface area contributed by atoms with Crippen LogP contribution in [0.25, 0.3) is 10.2 Å². The number of aromatic hydroxyl groups is 1. The Hall–Kier alpha value is -3.51. The van der Waals surface area contributed by atoms with Crippen LogP contribution in [0.3, 0.4) is 0 Å². The zero-order valence-corrected chi connectivity index (χ0v) is 17.3. The summed E-state index contributed by atoms with van der Waals surface area (Å²) in [5, 5.41) is 19.8. The number of nitrogens with one attached hydrogen (secondary N) is 1. The maximum atomic E-state index is 13.3. The number of hydrogen-bond donors (Lipinski definition) is 4. The van der Waals surface area contributed by atoms with Gasteiger partial charge in [-0.2, -0.15) is 9.78 Å². The van der Waals surface area contributed by atoms with E-state index < -0.39 is 16.3 Å². The third-order valence-corrected chi connectivity index (χ3v) is 6.92. The Morgan fingerprint density at radius 1 is 1.16 bits per heavy atom. The molecule has 11 heteroatoms. The van der Waals surface area contributed by atoms with Crippen LogP contribution in [0.4, 0.5) is 5.69 Å². The maximum absolute atomic E-state index is 13.3. The van der Waals surface area contributed by atoms with Gasteiger partial charge in [0.25, 0.3) is 5.56 Å². The van der Waals surface area contributed by atoms with Gasteiger partial charge in [-0.25, -0.2) is 0 Å². The van der Waals surface area contributed by atoms with Crippen molar-refractivity contribution in [3.05, 3.63) is 81.7 Å². The molecular weight excluding hydrogens is 438 g/mol. The van der Waals surface area contributed by atoms with E-state index in [1.807, 2.05) is 0 Å². The second-order valence-electron chi connectivity index (χ2n) is 6.59. The molecule has 31 heavy (non-hydrogen) atoms. The minimum absolute atomic E-state index is 0.137. The van der Waals surface area contributed by atoms with Gasteiger partial charge < -0.3 is 10.4 Å². The molecule has 0 spiro atoms. The second-order valence-corrected chi connectivity index (χ2v) is 9.16. The van der Waals surface area contributed by atoms with E-state index >= 15 is 0 Å². The highest BCUT2D eigenvalue weighted by molar-refractivity contribution is 8.23. The molecule has 4 aromatic rings. The lowest BCUT2D eigenvalue weighted by atomic mass is 10.2. The number of hydrogen-bond acceptors (Lipinski definition) is 9. The van der Waals surface area contributed by atoms with Gasteiger partial charge in [0.1, 0.15) is 10.5 Å². The summed E-state index contributed by atoms with van der Waals surface area (Å²) >= 11 is 1.23. The molecule has 4 heterocycles. The average molecular weight is 454 g/mol. The van der Waals surface area contributed by atoms with Crippen molar-refractivity contribution in [1.82, 2.24) is 9.66 Å². The summed E-state index contributed by atoms with van der Waals surface area (Å²) in [6.45, 7) is 0. The Labute approximate surface area is 181 Å². The first-order chi connectivity index (χ1) is 15.0. The number of thiophene rings is 1. The van der Waals surface area contributed by atoms with Crippen LogP contribution in [0.1, 0.15) is 11.1 Å². The first-order valence-corrected chi connectivity index (χ1v) is 11.4. The van der Waals surface area contributed by atoms with E-state index in [4.69, 9.17) is 0 Å². The Morgan fingerprint density at radius 2 is 2.00 bits per heavy atom. The lowest BCUT2D eigenvalue weighted by molar-refractivity contribution is 0.479. The summed E-state index contributed by atoms with van der Waals surface area (Å²) in [6, 6.07) is 11.7. The number of pyridine rings is 2. The molecule has 1 aromatic carbocycles. The number of para-hydroxylation sites is 1. The highest BCUT2D eigenvalue weighted by atomic mass is 32.3. The van der Waals surface area contributed by atoms with E-state index in [9.17, 15) is 19.0 Å². The van der Waals surface area contributed by atoms with Crippen molar-refractivity contribution in [1.29, 1.82) is 0 Å². The maximum Gasteiger partial charge on any atom is 0.286 e. The quantitative estimate of drug-likeness (QED) is 0.347. The number of amidine groups is 1. The predicted octanol–water partition coefficient (Wildman–Crippen LogP) is 3.94. The van der Waals surface area contributed by atoms with Gasteiger partial charge in [0.05, 0.1) is 22.1 Å². The normalized spacial score (nSPS) is 16.0. The number of aromatic nitrogens is 2. The van der Waals surface area contributed by atoms with Crippen LogP contribution in [0.15, 0.2) is 79.4 Å². The lowest BCUT2D eigenvalue weighted by Crippen LogP contribution is -2.30. The minimum Gasteiger partial charge on any atom is -0.505 e. The third-order valence-electron chi connectivity index (χ3n) is 4.63. The van der Waals surface area contributed by atoms with E-state index in [2.05, 4.69) is 19.8 Å². The van der Waals surface area contributed by atoms with Crippen molar-refractivity contribution < 1.29 is 14.2 Å². The van der Waals surface area contributed by atoms with Gasteiger partial charge in [-0.3, -0.25) is 18.9 Å². The van der Waals surface area contributed by atoms with Crippen LogP contribution in [0, 0.1) is 0 Å². The molecular formula is C20H15N5O4S2. The molecule has 4 N–H and O–H groups in total. The van der Waals surface area contributed by atoms with Gasteiger partial charge in [0.2, 0.25) is 0 Å². The summed E-state index contributed by atoms with van der Waals surface area (Å²) in [5.41, 5.74) is 0.628. The fourth-order valence-electron chi connectivity index (χ4n) is 3.23. The topological polar surface area (TPSA) is 132 Å². The average Bonchev–Trinajstić information content (AvgIpc) is 3.24. The van der Waals surface area contributed by atoms with Crippen LogP contribution < -0.4 is 10.9 Å². The first kappa shape index (κ1) is 19.5.